The van der Waals surface area contributed by atoms with Crippen molar-refractivity contribution in [2.75, 3.05) is 0 Å². The summed E-state index contributed by atoms with van der Waals surface area (Å²) in [5.41, 5.74) is 1.60. The summed E-state index contributed by atoms with van der Waals surface area (Å²) < 4.78 is 7.47. The molecule has 0 fully saturated rings. The molecule has 0 radical (unpaired) electrons. The van der Waals surface area contributed by atoms with E-state index in [0.717, 1.165) is 5.56 Å². The molecule has 0 aliphatic rings. The molecule has 0 saturated carbocycles. The summed E-state index contributed by atoms with van der Waals surface area (Å²) in [6.45, 7) is 0.395. The molecule has 1 heterocycles. The molecule has 4 nitrogen and oxygen atoms in total. The molecule has 2 aromatic carbocycles. The predicted octanol–water partition coefficient (Wildman–Crippen LogP) is 5.61. The van der Waals surface area contributed by atoms with Crippen LogP contribution < -0.4 is 0 Å². The van der Waals surface area contributed by atoms with Gasteiger partial charge in [-0.2, -0.15) is 0 Å². The predicted molar refractivity (Wildman–Crippen MR) is 110 cm³/mol. The van der Waals surface area contributed by atoms with Crippen LogP contribution in [0, 0.1) is 0 Å². The molecule has 7 heteroatoms. The first kappa shape index (κ1) is 21.0. The van der Waals surface area contributed by atoms with E-state index in [1.807, 2.05) is 34.9 Å². The third-order valence-electron chi connectivity index (χ3n) is 3.72. The van der Waals surface area contributed by atoms with E-state index in [9.17, 15) is 4.79 Å². The summed E-state index contributed by atoms with van der Waals surface area (Å²) in [6, 6.07) is 14.6. The summed E-state index contributed by atoms with van der Waals surface area (Å²) in [5.74, 6) is -0.454. The molecular weight excluding hydrogens is 407 g/mol. The molecule has 0 aliphatic carbocycles. The summed E-state index contributed by atoms with van der Waals surface area (Å²) in [5, 5.41) is 0.970. The monoisotopic (exact) mass is 422 g/mol. The first-order valence-corrected chi connectivity index (χ1v) is 8.72. The minimum absolute atomic E-state index is 0. The topological polar surface area (TPSA) is 44.1 Å². The van der Waals surface area contributed by atoms with Crippen molar-refractivity contribution in [3.05, 3.63) is 94.5 Å². The lowest BCUT2D eigenvalue weighted by Crippen LogP contribution is -2.15. The van der Waals surface area contributed by atoms with Gasteiger partial charge in [0, 0.05) is 34.1 Å². The number of halogens is 3. The van der Waals surface area contributed by atoms with E-state index in [2.05, 4.69) is 4.98 Å². The van der Waals surface area contributed by atoms with E-state index in [4.69, 9.17) is 27.9 Å². The number of nitrogens with zero attached hydrogens (tertiary/aromatic N) is 2. The molecule has 0 spiro atoms. The van der Waals surface area contributed by atoms with Crippen LogP contribution in [0.25, 0.3) is 6.08 Å². The molecule has 3 rings (SSSR count). The third kappa shape index (κ3) is 6.14. The van der Waals surface area contributed by atoms with E-state index >= 15 is 0 Å². The Kier molecular flexibility index (Phi) is 7.92. The van der Waals surface area contributed by atoms with Crippen LogP contribution in [0.3, 0.4) is 0 Å². The molecule has 27 heavy (non-hydrogen) atoms. The van der Waals surface area contributed by atoms with Gasteiger partial charge in [0.1, 0.15) is 6.10 Å². The maximum absolute atomic E-state index is 12.3. The van der Waals surface area contributed by atoms with Gasteiger partial charge in [0.25, 0.3) is 0 Å². The SMILES string of the molecule is Cl.O=C(/C=C/c1ccccc1)OC(Cn1ccnc1)c1ccc(Cl)cc1Cl. The number of esters is 1. The van der Waals surface area contributed by atoms with Crippen molar-refractivity contribution < 1.29 is 9.53 Å². The Morgan fingerprint density at radius 3 is 2.63 bits per heavy atom. The highest BCUT2D eigenvalue weighted by atomic mass is 35.5. The van der Waals surface area contributed by atoms with Gasteiger partial charge >= 0.3 is 5.97 Å². The van der Waals surface area contributed by atoms with Crippen molar-refractivity contribution in [1.82, 2.24) is 9.55 Å². The van der Waals surface area contributed by atoms with E-state index in [0.29, 0.717) is 22.2 Å². The number of imidazole rings is 1. The Labute approximate surface area is 173 Å². The van der Waals surface area contributed by atoms with E-state index in [1.165, 1.54) is 6.08 Å². The van der Waals surface area contributed by atoms with Gasteiger partial charge in [0.15, 0.2) is 0 Å². The number of hydrogen-bond acceptors (Lipinski definition) is 3. The van der Waals surface area contributed by atoms with E-state index in [1.54, 1.807) is 43.0 Å². The van der Waals surface area contributed by atoms with Crippen LogP contribution in [-0.4, -0.2) is 15.5 Å². The summed E-state index contributed by atoms with van der Waals surface area (Å²) in [7, 11) is 0. The van der Waals surface area contributed by atoms with Crippen LogP contribution in [0.2, 0.25) is 10.0 Å². The molecular formula is C20H17Cl3N2O2. The molecule has 0 N–H and O–H groups in total. The second-order valence-electron chi connectivity index (χ2n) is 5.59. The maximum Gasteiger partial charge on any atom is 0.331 e. The summed E-state index contributed by atoms with van der Waals surface area (Å²) >= 11 is 12.3. The van der Waals surface area contributed by atoms with Gasteiger partial charge in [-0.15, -0.1) is 12.4 Å². The van der Waals surface area contributed by atoms with E-state index in [-0.39, 0.29) is 12.4 Å². The molecule has 1 aromatic heterocycles. The molecule has 1 unspecified atom stereocenters. The Morgan fingerprint density at radius 1 is 1.19 bits per heavy atom. The fraction of sp³-hybridized carbons (Fsp3) is 0.100. The Bertz CT molecular complexity index is 897. The molecule has 0 amide bonds. The first-order valence-electron chi connectivity index (χ1n) is 7.96. The highest BCUT2D eigenvalue weighted by Crippen LogP contribution is 2.30. The fourth-order valence-electron chi connectivity index (χ4n) is 2.46. The molecule has 0 bridgehead atoms. The molecule has 1 atom stereocenters. The Morgan fingerprint density at radius 2 is 1.96 bits per heavy atom. The molecule has 0 aliphatic heterocycles. The average Bonchev–Trinajstić information content (AvgIpc) is 3.13. The van der Waals surface area contributed by atoms with Gasteiger partial charge in [0.2, 0.25) is 0 Å². The van der Waals surface area contributed by atoms with Crippen LogP contribution in [0.5, 0.6) is 0 Å². The van der Waals surface area contributed by atoms with Crippen molar-refractivity contribution in [2.45, 2.75) is 12.6 Å². The van der Waals surface area contributed by atoms with Gasteiger partial charge in [-0.25, -0.2) is 9.78 Å². The highest BCUT2D eigenvalue weighted by Gasteiger charge is 2.19. The smallest absolute Gasteiger partial charge is 0.331 e. The number of rotatable bonds is 6. The lowest BCUT2D eigenvalue weighted by atomic mass is 10.1. The second-order valence-corrected chi connectivity index (χ2v) is 6.44. The van der Waals surface area contributed by atoms with Crippen LogP contribution in [0.1, 0.15) is 17.2 Å². The van der Waals surface area contributed by atoms with Gasteiger partial charge in [0.05, 0.1) is 12.9 Å². The second kappa shape index (κ2) is 10.2. The average molecular weight is 424 g/mol. The third-order valence-corrected chi connectivity index (χ3v) is 4.28. The van der Waals surface area contributed by atoms with Gasteiger partial charge in [-0.1, -0.05) is 59.6 Å². The zero-order valence-corrected chi connectivity index (χ0v) is 16.5. The first-order chi connectivity index (χ1) is 12.6. The Hall–Kier alpha value is -2.27. The van der Waals surface area contributed by atoms with Crippen molar-refractivity contribution in [3.8, 4) is 0 Å². The van der Waals surface area contributed by atoms with Crippen molar-refractivity contribution in [1.29, 1.82) is 0 Å². The summed E-state index contributed by atoms with van der Waals surface area (Å²) in [4.78, 5) is 16.3. The number of benzene rings is 2. The van der Waals surface area contributed by atoms with Crippen molar-refractivity contribution >= 4 is 47.7 Å². The van der Waals surface area contributed by atoms with Gasteiger partial charge in [-0.3, -0.25) is 0 Å². The lowest BCUT2D eigenvalue weighted by Gasteiger charge is -2.19. The van der Waals surface area contributed by atoms with Crippen LogP contribution >= 0.6 is 35.6 Å². The van der Waals surface area contributed by atoms with Crippen LogP contribution in [0.15, 0.2) is 73.3 Å². The van der Waals surface area contributed by atoms with Gasteiger partial charge in [-0.05, 0) is 23.8 Å². The van der Waals surface area contributed by atoms with Crippen molar-refractivity contribution in [2.24, 2.45) is 0 Å². The maximum atomic E-state index is 12.3. The molecule has 140 valence electrons. The van der Waals surface area contributed by atoms with Crippen LogP contribution in [-0.2, 0) is 16.1 Å². The largest absolute Gasteiger partial charge is 0.452 e. The lowest BCUT2D eigenvalue weighted by molar-refractivity contribution is -0.144. The zero-order valence-electron chi connectivity index (χ0n) is 14.2. The minimum Gasteiger partial charge on any atom is -0.452 e. The normalized spacial score (nSPS) is 11.8. The molecule has 0 saturated heterocycles. The number of hydrogen-bond donors (Lipinski definition) is 0. The fourth-order valence-corrected chi connectivity index (χ4v) is 2.99. The quantitative estimate of drug-likeness (QED) is 0.382. The van der Waals surface area contributed by atoms with Crippen LogP contribution in [0.4, 0.5) is 0 Å². The van der Waals surface area contributed by atoms with E-state index < -0.39 is 12.1 Å². The number of carbonyl (C=O) groups excluding carboxylic acids is 1. The highest BCUT2D eigenvalue weighted by molar-refractivity contribution is 6.35. The summed E-state index contributed by atoms with van der Waals surface area (Å²) in [6.07, 6.45) is 7.66. The number of carbonyl (C=O) groups is 1. The Balaban J connectivity index is 0.00000261. The van der Waals surface area contributed by atoms with Crippen molar-refractivity contribution in [3.63, 3.8) is 0 Å². The standard InChI is InChI=1S/C20H16Cl2N2O2.ClH/c21-16-7-8-17(18(22)12-16)19(13-24-11-10-23-14-24)26-20(25)9-6-15-4-2-1-3-5-15;/h1-12,14,19H,13H2;1H/b9-6+;. The zero-order chi connectivity index (χ0) is 18.4. The van der Waals surface area contributed by atoms with Gasteiger partial charge < -0.3 is 9.30 Å². The number of ether oxygens (including phenoxy) is 1. The molecule has 3 aromatic rings. The minimum atomic E-state index is -0.568. The number of aromatic nitrogens is 2.